The van der Waals surface area contributed by atoms with Crippen LogP contribution >= 0.6 is 0 Å². The summed E-state index contributed by atoms with van der Waals surface area (Å²) in [5.74, 6) is 1.06. The molecule has 1 rings (SSSR count). The number of ether oxygens (including phenoxy) is 1. The average Bonchev–Trinajstić information content (AvgIpc) is 2.16. The quantitative estimate of drug-likeness (QED) is 0.673. The van der Waals surface area contributed by atoms with Crippen LogP contribution < -0.4 is 4.74 Å². The minimum absolute atomic E-state index is 0.265. The maximum Gasteiger partial charge on any atom is 0.122 e. The van der Waals surface area contributed by atoms with Gasteiger partial charge in [-0.15, -0.1) is 0 Å². The van der Waals surface area contributed by atoms with Gasteiger partial charge in [-0.2, -0.15) is 0 Å². The second-order valence-electron chi connectivity index (χ2n) is 3.55. The van der Waals surface area contributed by atoms with E-state index in [1.165, 1.54) is 11.6 Å². The third kappa shape index (κ3) is 3.54. The number of para-hydroxylation sites is 1. The molecule has 0 fully saturated rings. The molecule has 0 saturated heterocycles. The van der Waals surface area contributed by atoms with Crippen molar-refractivity contribution >= 4 is 9.52 Å². The van der Waals surface area contributed by atoms with Crippen molar-refractivity contribution in [2.45, 2.75) is 39.0 Å². The third-order valence-electron chi connectivity index (χ3n) is 1.90. The van der Waals surface area contributed by atoms with Gasteiger partial charge in [-0.3, -0.25) is 0 Å². The lowest BCUT2D eigenvalue weighted by Crippen LogP contribution is -2.08. The van der Waals surface area contributed by atoms with Gasteiger partial charge >= 0.3 is 0 Å². The van der Waals surface area contributed by atoms with Crippen LogP contribution in [0.1, 0.15) is 26.3 Å². The molecule has 2 radical (unpaired) electrons. The van der Waals surface area contributed by atoms with Crippen molar-refractivity contribution in [2.24, 2.45) is 0 Å². The topological polar surface area (TPSA) is 9.23 Å². The van der Waals surface area contributed by atoms with E-state index in [-0.39, 0.29) is 6.10 Å². The highest BCUT2D eigenvalue weighted by molar-refractivity contribution is 6.34. The molecule has 2 heteroatoms. The van der Waals surface area contributed by atoms with Crippen molar-refractivity contribution in [3.63, 3.8) is 0 Å². The fourth-order valence-electron chi connectivity index (χ4n) is 1.28. The molecule has 0 amide bonds. The van der Waals surface area contributed by atoms with Crippen LogP contribution in [0.5, 0.6) is 5.75 Å². The van der Waals surface area contributed by atoms with Gasteiger partial charge in [0.2, 0.25) is 0 Å². The molecule has 0 heterocycles. The summed E-state index contributed by atoms with van der Waals surface area (Å²) in [7, 11) is 1.01. The molecule has 0 aliphatic carbocycles. The van der Waals surface area contributed by atoms with Gasteiger partial charge < -0.3 is 4.74 Å². The first-order chi connectivity index (χ1) is 6.74. The second kappa shape index (κ2) is 5.86. The van der Waals surface area contributed by atoms with E-state index in [2.05, 4.69) is 39.0 Å². The Morgan fingerprint density at radius 1 is 1.29 bits per heavy atom. The summed E-state index contributed by atoms with van der Waals surface area (Å²) in [6, 6.07) is 10.8. The predicted octanol–water partition coefficient (Wildman–Crippen LogP) is 3.12. The molecular formula is C12H18OSi. The van der Waals surface area contributed by atoms with E-state index >= 15 is 0 Å². The highest BCUT2D eigenvalue weighted by atomic mass is 28.2. The van der Waals surface area contributed by atoms with E-state index in [4.69, 9.17) is 4.74 Å². The minimum Gasteiger partial charge on any atom is -0.491 e. The molecule has 0 N–H and O–H groups in total. The largest absolute Gasteiger partial charge is 0.491 e. The molecule has 76 valence electrons. The van der Waals surface area contributed by atoms with E-state index in [0.717, 1.165) is 21.3 Å². The van der Waals surface area contributed by atoms with Crippen molar-refractivity contribution in [1.82, 2.24) is 0 Å². The Kier molecular flexibility index (Phi) is 4.74. The predicted molar refractivity (Wildman–Crippen MR) is 62.1 cm³/mol. The van der Waals surface area contributed by atoms with Gasteiger partial charge in [0.05, 0.1) is 6.10 Å². The molecule has 1 nitrogen and oxygen atoms in total. The van der Waals surface area contributed by atoms with Gasteiger partial charge in [0.25, 0.3) is 0 Å². The highest BCUT2D eigenvalue weighted by Gasteiger charge is 2.03. The standard InChI is InChI=1S/C12H18OSi/c1-4-14-9-11-7-5-6-8-12(11)13-10(2)3/h5-8,10H,4,9H2,1-3H3. The Morgan fingerprint density at radius 2 is 2.00 bits per heavy atom. The maximum atomic E-state index is 5.75. The molecule has 0 atom stereocenters. The fraction of sp³-hybridized carbons (Fsp3) is 0.500. The van der Waals surface area contributed by atoms with Gasteiger partial charge in [0.15, 0.2) is 0 Å². The Balaban J connectivity index is 2.69. The Morgan fingerprint density at radius 3 is 2.64 bits per heavy atom. The molecule has 14 heavy (non-hydrogen) atoms. The van der Waals surface area contributed by atoms with E-state index in [9.17, 15) is 0 Å². The first-order valence-electron chi connectivity index (χ1n) is 5.19. The lowest BCUT2D eigenvalue weighted by molar-refractivity contribution is 0.240. The summed E-state index contributed by atoms with van der Waals surface area (Å²) in [4.78, 5) is 0. The molecule has 1 aromatic carbocycles. The molecule has 0 bridgehead atoms. The maximum absolute atomic E-state index is 5.75. The number of hydrogen-bond donors (Lipinski definition) is 0. The van der Waals surface area contributed by atoms with E-state index in [1.54, 1.807) is 0 Å². The Bertz CT molecular complexity index is 271. The van der Waals surface area contributed by atoms with Crippen LogP contribution in [0, 0.1) is 0 Å². The van der Waals surface area contributed by atoms with E-state index in [0.29, 0.717) is 0 Å². The first kappa shape index (κ1) is 11.3. The summed E-state index contributed by atoms with van der Waals surface area (Å²) >= 11 is 0. The fourth-order valence-corrected chi connectivity index (χ4v) is 2.09. The van der Waals surface area contributed by atoms with Crippen LogP contribution in [-0.4, -0.2) is 15.6 Å². The monoisotopic (exact) mass is 206 g/mol. The van der Waals surface area contributed by atoms with Gasteiger partial charge in [-0.25, -0.2) is 0 Å². The van der Waals surface area contributed by atoms with Gasteiger partial charge in [0, 0.05) is 9.52 Å². The summed E-state index contributed by atoms with van der Waals surface area (Å²) in [5.41, 5.74) is 1.35. The molecular weight excluding hydrogens is 188 g/mol. The number of benzene rings is 1. The minimum atomic E-state index is 0.265. The van der Waals surface area contributed by atoms with Crippen molar-refractivity contribution in [2.75, 3.05) is 0 Å². The SMILES string of the molecule is CC[Si]Cc1ccccc1OC(C)C. The number of rotatable bonds is 5. The van der Waals surface area contributed by atoms with Gasteiger partial charge in [-0.05, 0) is 31.5 Å². The Labute approximate surface area is 89.3 Å². The average molecular weight is 206 g/mol. The van der Waals surface area contributed by atoms with Crippen LogP contribution in [0.25, 0.3) is 0 Å². The van der Waals surface area contributed by atoms with Crippen LogP contribution in [-0.2, 0) is 6.04 Å². The smallest absolute Gasteiger partial charge is 0.122 e. The molecule has 0 spiro atoms. The zero-order valence-corrected chi connectivity index (χ0v) is 10.2. The molecule has 0 aliphatic rings. The molecule has 0 aromatic heterocycles. The summed E-state index contributed by atoms with van der Waals surface area (Å²) < 4.78 is 5.75. The van der Waals surface area contributed by atoms with Crippen molar-refractivity contribution in [3.05, 3.63) is 29.8 Å². The second-order valence-corrected chi connectivity index (χ2v) is 5.12. The van der Waals surface area contributed by atoms with Crippen LogP contribution in [0.15, 0.2) is 24.3 Å². The first-order valence-corrected chi connectivity index (χ1v) is 6.60. The summed E-state index contributed by atoms with van der Waals surface area (Å²) in [5, 5.41) is 0. The third-order valence-corrected chi connectivity index (χ3v) is 3.03. The van der Waals surface area contributed by atoms with Crippen molar-refractivity contribution in [1.29, 1.82) is 0 Å². The van der Waals surface area contributed by atoms with E-state index in [1.807, 2.05) is 6.07 Å². The van der Waals surface area contributed by atoms with Gasteiger partial charge in [-0.1, -0.05) is 31.2 Å². The number of hydrogen-bond acceptors (Lipinski definition) is 1. The zero-order chi connectivity index (χ0) is 10.4. The molecule has 1 aromatic rings. The van der Waals surface area contributed by atoms with Crippen molar-refractivity contribution in [3.8, 4) is 5.75 Å². The molecule has 0 aliphatic heterocycles. The van der Waals surface area contributed by atoms with Crippen LogP contribution in [0.3, 0.4) is 0 Å². The summed E-state index contributed by atoms with van der Waals surface area (Å²) in [6.45, 7) is 6.36. The lowest BCUT2D eigenvalue weighted by Gasteiger charge is -2.13. The van der Waals surface area contributed by atoms with Crippen LogP contribution in [0.4, 0.5) is 0 Å². The van der Waals surface area contributed by atoms with Crippen molar-refractivity contribution < 1.29 is 4.74 Å². The molecule has 0 unspecified atom stereocenters. The molecule has 0 saturated carbocycles. The highest BCUT2D eigenvalue weighted by Crippen LogP contribution is 2.19. The van der Waals surface area contributed by atoms with Crippen LogP contribution in [0.2, 0.25) is 6.04 Å². The lowest BCUT2D eigenvalue weighted by atomic mass is 10.2. The van der Waals surface area contributed by atoms with Gasteiger partial charge in [0.1, 0.15) is 5.75 Å². The summed E-state index contributed by atoms with van der Waals surface area (Å²) in [6.07, 6.45) is 0.265. The zero-order valence-electron chi connectivity index (χ0n) is 9.21. The Hall–Kier alpha value is -0.763. The van der Waals surface area contributed by atoms with E-state index < -0.39 is 0 Å². The normalized spacial score (nSPS) is 10.6.